The van der Waals surface area contributed by atoms with Crippen LogP contribution in [0.1, 0.15) is 50.5 Å². The van der Waals surface area contributed by atoms with E-state index in [0.717, 1.165) is 57.2 Å². The topological polar surface area (TPSA) is 92.4 Å². The van der Waals surface area contributed by atoms with Gasteiger partial charge >= 0.3 is 12.2 Å². The first kappa shape index (κ1) is 30.1. The highest BCUT2D eigenvalue weighted by Crippen LogP contribution is 2.49. The Bertz CT molecular complexity index is 1770. The molecule has 1 aromatic carbocycles. The molecular formula is C32H33ClF5N7O. The number of hydrogen-bond donors (Lipinski definition) is 2. The summed E-state index contributed by atoms with van der Waals surface area (Å²) in [6.07, 6.45) is 3.65. The Morgan fingerprint density at radius 2 is 2.00 bits per heavy atom. The van der Waals surface area contributed by atoms with Crippen molar-refractivity contribution in [3.63, 3.8) is 0 Å². The molecule has 8 nitrogen and oxygen atoms in total. The highest BCUT2D eigenvalue weighted by atomic mass is 35.5. The molecule has 6 heterocycles. The Balaban J connectivity index is 1.25. The molecule has 8 rings (SSSR count). The summed E-state index contributed by atoms with van der Waals surface area (Å²) in [7, 11) is 0. The fraction of sp³-hybridized carbons (Fsp3) is 0.531. The first-order valence-electron chi connectivity index (χ1n) is 15.7. The van der Waals surface area contributed by atoms with E-state index in [9.17, 15) is 17.6 Å². The zero-order chi connectivity index (χ0) is 32.0. The van der Waals surface area contributed by atoms with Crippen molar-refractivity contribution in [2.45, 2.75) is 68.2 Å². The Hall–Kier alpha value is -3.29. The van der Waals surface area contributed by atoms with Crippen molar-refractivity contribution in [3.05, 3.63) is 46.6 Å². The van der Waals surface area contributed by atoms with Crippen LogP contribution in [-0.2, 0) is 6.18 Å². The number of anilines is 2. The SMILES string of the molecule is Nc1cc(Cl)c(C(F)(F)F)c(-c2ncc3c(N4C[C@@H]5CC[C@](C6CC6)(C4)N5)nc(OC[C@@]45CCCN4C/C(=C\F)C5)nc3c2F)c1. The minimum absolute atomic E-state index is 0.0676. The predicted molar refractivity (Wildman–Crippen MR) is 164 cm³/mol. The minimum atomic E-state index is -4.90. The number of nitrogens with two attached hydrogens (primary N) is 1. The van der Waals surface area contributed by atoms with Gasteiger partial charge in [0, 0.05) is 48.7 Å². The fourth-order valence-corrected chi connectivity index (χ4v) is 8.77. The van der Waals surface area contributed by atoms with Gasteiger partial charge in [0.25, 0.3) is 0 Å². The van der Waals surface area contributed by atoms with Gasteiger partial charge in [-0.3, -0.25) is 9.88 Å². The summed E-state index contributed by atoms with van der Waals surface area (Å²) in [5, 5.41) is 3.43. The van der Waals surface area contributed by atoms with Crippen molar-refractivity contribution in [1.29, 1.82) is 0 Å². The maximum absolute atomic E-state index is 16.6. The molecule has 14 heteroatoms. The zero-order valence-corrected chi connectivity index (χ0v) is 25.7. The van der Waals surface area contributed by atoms with E-state index in [4.69, 9.17) is 27.1 Å². The number of aromatic nitrogens is 3. The van der Waals surface area contributed by atoms with Crippen LogP contribution < -0.4 is 20.7 Å². The van der Waals surface area contributed by atoms with E-state index in [1.54, 1.807) is 0 Å². The standard InChI is InChI=1S/C32H33ClF5N7O/c33-23-9-19(39)8-21(24(23)32(36,37)38)26-25(35)27-22(12-40-26)28(44-14-20-4-6-31(15-44,43-20)18-2-3-18)42-29(41-27)46-16-30-5-1-7-45(30)13-17(10-30)11-34/h8-9,11-12,18,20,43H,1-7,10,13-16,39H2/b17-11-/t20-,30-,31+/m0/s1. The summed E-state index contributed by atoms with van der Waals surface area (Å²) in [4.78, 5) is 17.8. The number of nitrogens with zero attached hydrogens (tertiary/aromatic N) is 5. The molecule has 3 atom stereocenters. The minimum Gasteiger partial charge on any atom is -0.461 e. The van der Waals surface area contributed by atoms with Crippen LogP contribution in [0, 0.1) is 11.7 Å². The van der Waals surface area contributed by atoms with Crippen LogP contribution in [0.15, 0.2) is 30.2 Å². The van der Waals surface area contributed by atoms with E-state index in [1.165, 1.54) is 6.20 Å². The van der Waals surface area contributed by atoms with Crippen LogP contribution in [0.25, 0.3) is 22.2 Å². The Kier molecular flexibility index (Phi) is 6.94. The summed E-state index contributed by atoms with van der Waals surface area (Å²) >= 11 is 6.00. The van der Waals surface area contributed by atoms with E-state index in [2.05, 4.69) is 25.1 Å². The summed E-state index contributed by atoms with van der Waals surface area (Å²) in [6, 6.07) is 2.12. The Labute approximate surface area is 267 Å². The number of halogens is 6. The smallest absolute Gasteiger partial charge is 0.418 e. The van der Waals surface area contributed by atoms with Gasteiger partial charge in [-0.2, -0.15) is 23.1 Å². The third-order valence-corrected chi connectivity index (χ3v) is 10.9. The molecule has 3 aromatic rings. The zero-order valence-electron chi connectivity index (χ0n) is 24.9. The van der Waals surface area contributed by atoms with E-state index >= 15 is 4.39 Å². The molecule has 0 amide bonds. The second-order valence-corrected chi connectivity index (χ2v) is 14.0. The number of ether oxygens (including phenoxy) is 1. The fourth-order valence-electron chi connectivity index (χ4n) is 8.43. The largest absolute Gasteiger partial charge is 0.461 e. The van der Waals surface area contributed by atoms with Gasteiger partial charge in [-0.05, 0) is 75.1 Å². The van der Waals surface area contributed by atoms with Gasteiger partial charge in [0.1, 0.15) is 23.6 Å². The molecule has 2 aromatic heterocycles. The number of hydrogen-bond acceptors (Lipinski definition) is 8. The molecule has 244 valence electrons. The third kappa shape index (κ3) is 4.88. The van der Waals surface area contributed by atoms with E-state index in [-0.39, 0.29) is 40.8 Å². The molecule has 46 heavy (non-hydrogen) atoms. The molecule has 1 saturated carbocycles. The van der Waals surface area contributed by atoms with E-state index in [1.807, 2.05) is 0 Å². The van der Waals surface area contributed by atoms with Gasteiger partial charge in [0.2, 0.25) is 0 Å². The lowest BCUT2D eigenvalue weighted by atomic mass is 9.90. The lowest BCUT2D eigenvalue weighted by Gasteiger charge is -2.42. The number of pyridine rings is 1. The highest BCUT2D eigenvalue weighted by molar-refractivity contribution is 6.32. The van der Waals surface area contributed by atoms with Crippen molar-refractivity contribution in [3.8, 4) is 17.3 Å². The monoisotopic (exact) mass is 661 g/mol. The van der Waals surface area contributed by atoms with Crippen LogP contribution in [0.4, 0.5) is 33.5 Å². The average molecular weight is 662 g/mol. The van der Waals surface area contributed by atoms with Crippen LogP contribution in [-0.4, -0.2) is 69.8 Å². The summed E-state index contributed by atoms with van der Waals surface area (Å²) in [6.45, 7) is 2.75. The second-order valence-electron chi connectivity index (χ2n) is 13.6. The number of rotatable bonds is 6. The number of fused-ring (bicyclic) bond motifs is 4. The Morgan fingerprint density at radius 1 is 1.17 bits per heavy atom. The molecule has 4 saturated heterocycles. The molecule has 0 unspecified atom stereocenters. The van der Waals surface area contributed by atoms with Gasteiger partial charge in [-0.1, -0.05) is 11.6 Å². The van der Waals surface area contributed by atoms with Crippen LogP contribution in [0.2, 0.25) is 5.02 Å². The van der Waals surface area contributed by atoms with Crippen molar-refractivity contribution in [2.24, 2.45) is 5.92 Å². The molecule has 5 aliphatic rings. The van der Waals surface area contributed by atoms with Crippen molar-refractivity contribution in [1.82, 2.24) is 25.2 Å². The molecule has 3 N–H and O–H groups in total. The summed E-state index contributed by atoms with van der Waals surface area (Å²) < 4.78 is 78.9. The van der Waals surface area contributed by atoms with Gasteiger partial charge in [0.15, 0.2) is 5.82 Å². The third-order valence-electron chi connectivity index (χ3n) is 10.6. The van der Waals surface area contributed by atoms with Gasteiger partial charge in [0.05, 0.1) is 27.8 Å². The van der Waals surface area contributed by atoms with Crippen LogP contribution >= 0.6 is 11.6 Å². The summed E-state index contributed by atoms with van der Waals surface area (Å²) in [5.74, 6) is -0.0841. The normalized spacial score (nSPS) is 28.9. The maximum atomic E-state index is 16.6. The van der Waals surface area contributed by atoms with E-state index in [0.29, 0.717) is 49.7 Å². The molecular weight excluding hydrogens is 629 g/mol. The van der Waals surface area contributed by atoms with Gasteiger partial charge in [-0.25, -0.2) is 8.78 Å². The molecule has 2 bridgehead atoms. The highest BCUT2D eigenvalue weighted by Gasteiger charge is 2.53. The summed E-state index contributed by atoms with van der Waals surface area (Å²) in [5.41, 5.74) is 3.38. The molecule has 5 fully saturated rings. The van der Waals surface area contributed by atoms with Crippen molar-refractivity contribution in [2.75, 3.05) is 43.4 Å². The lowest BCUT2D eigenvalue weighted by molar-refractivity contribution is -0.137. The molecule has 0 radical (unpaired) electrons. The number of piperazine rings is 1. The first-order chi connectivity index (χ1) is 22.0. The van der Waals surface area contributed by atoms with Crippen molar-refractivity contribution >= 4 is 34.0 Å². The van der Waals surface area contributed by atoms with Gasteiger partial charge < -0.3 is 20.7 Å². The molecule has 1 aliphatic carbocycles. The maximum Gasteiger partial charge on any atom is 0.418 e. The van der Waals surface area contributed by atoms with Crippen LogP contribution in [0.5, 0.6) is 6.01 Å². The predicted octanol–water partition coefficient (Wildman–Crippen LogP) is 6.28. The Morgan fingerprint density at radius 3 is 2.76 bits per heavy atom. The average Bonchev–Trinajstić information content (AvgIpc) is 3.62. The van der Waals surface area contributed by atoms with Gasteiger partial charge in [-0.15, -0.1) is 0 Å². The lowest BCUT2D eigenvalue weighted by Crippen LogP contribution is -2.61. The molecule has 0 spiro atoms. The second kappa shape index (κ2) is 10.6. The van der Waals surface area contributed by atoms with Crippen LogP contribution in [0.3, 0.4) is 0 Å². The van der Waals surface area contributed by atoms with Crippen molar-refractivity contribution < 1.29 is 26.7 Å². The number of alkyl halides is 3. The number of benzene rings is 1. The number of nitrogen functional groups attached to an aromatic ring is 1. The quantitative estimate of drug-likeness (QED) is 0.236. The molecule has 4 aliphatic heterocycles. The number of nitrogens with one attached hydrogen (secondary N) is 1. The first-order valence-corrected chi connectivity index (χ1v) is 16.1. The van der Waals surface area contributed by atoms with E-state index < -0.39 is 39.4 Å².